The Morgan fingerprint density at radius 1 is 0.964 bits per heavy atom. The molecular weight excluding hydrogens is 372 g/mol. The number of benzene rings is 2. The highest BCUT2D eigenvalue weighted by atomic mass is 32.2. The third kappa shape index (κ3) is 3.05. The predicted molar refractivity (Wildman–Crippen MR) is 111 cm³/mol. The number of hydrogen-bond acceptors (Lipinski definition) is 5. The van der Waals surface area contributed by atoms with Crippen LogP contribution in [0.5, 0.6) is 0 Å². The van der Waals surface area contributed by atoms with Gasteiger partial charge in [0.1, 0.15) is 16.5 Å². The highest BCUT2D eigenvalue weighted by Gasteiger charge is 2.21. The Balaban J connectivity index is 1.37. The van der Waals surface area contributed by atoms with Crippen LogP contribution in [0.2, 0.25) is 0 Å². The molecule has 0 bridgehead atoms. The Bertz CT molecular complexity index is 1160. The van der Waals surface area contributed by atoms with Gasteiger partial charge < -0.3 is 9.52 Å². The molecule has 5 rings (SSSR count). The minimum atomic E-state index is -0.861. The van der Waals surface area contributed by atoms with Crippen molar-refractivity contribution in [3.05, 3.63) is 71.5 Å². The maximum Gasteiger partial charge on any atom is 0.313 e. The summed E-state index contributed by atoms with van der Waals surface area (Å²) < 4.78 is 6.05. The van der Waals surface area contributed by atoms with Crippen molar-refractivity contribution in [3.63, 3.8) is 0 Å². The Kier molecular flexibility index (Phi) is 4.13. The molecule has 5 nitrogen and oxygen atoms in total. The van der Waals surface area contributed by atoms with Crippen LogP contribution in [0.15, 0.2) is 69.2 Å². The molecule has 0 amide bonds. The van der Waals surface area contributed by atoms with E-state index in [1.165, 1.54) is 34.0 Å². The standard InChI is InChI=1S/C22H16N2O3S/c25-22(26)12-28-21-11-18(23-24-21)20-8-7-19(27-20)15-6-5-14-9-13-3-1-2-4-16(13)17(14)10-15/h1-8,10H,9,11-12H2,(H,25,26). The number of nitrogens with zero attached hydrogens (tertiary/aromatic N) is 2. The first kappa shape index (κ1) is 17.0. The van der Waals surface area contributed by atoms with E-state index in [1.54, 1.807) is 0 Å². The summed E-state index contributed by atoms with van der Waals surface area (Å²) in [5.41, 5.74) is 7.01. The van der Waals surface area contributed by atoms with E-state index in [2.05, 4.69) is 52.7 Å². The molecule has 2 aliphatic rings. The number of carboxylic acid groups (broad SMARTS) is 1. The van der Waals surface area contributed by atoms with E-state index in [1.807, 2.05) is 12.1 Å². The summed E-state index contributed by atoms with van der Waals surface area (Å²) in [5.74, 6) is 0.587. The Morgan fingerprint density at radius 3 is 2.68 bits per heavy atom. The van der Waals surface area contributed by atoms with Crippen molar-refractivity contribution in [1.82, 2.24) is 0 Å². The van der Waals surface area contributed by atoms with Gasteiger partial charge in [-0.2, -0.15) is 5.10 Å². The molecule has 3 aromatic rings. The summed E-state index contributed by atoms with van der Waals surface area (Å²) in [6.07, 6.45) is 1.47. The second kappa shape index (κ2) is 6.80. The first-order valence-corrected chi connectivity index (χ1v) is 9.96. The van der Waals surface area contributed by atoms with Crippen LogP contribution in [-0.4, -0.2) is 27.6 Å². The van der Waals surface area contributed by atoms with Crippen LogP contribution in [0.3, 0.4) is 0 Å². The lowest BCUT2D eigenvalue weighted by Crippen LogP contribution is -2.04. The molecule has 0 saturated carbocycles. The van der Waals surface area contributed by atoms with E-state index in [0.29, 0.717) is 17.2 Å². The quantitative estimate of drug-likeness (QED) is 0.543. The van der Waals surface area contributed by atoms with Gasteiger partial charge in [0.05, 0.1) is 5.75 Å². The molecule has 28 heavy (non-hydrogen) atoms. The molecule has 1 aliphatic heterocycles. The maximum absolute atomic E-state index is 10.7. The summed E-state index contributed by atoms with van der Waals surface area (Å²) >= 11 is 1.19. The molecule has 0 spiro atoms. The molecule has 1 aliphatic carbocycles. The number of carboxylic acids is 1. The third-order valence-corrected chi connectivity index (χ3v) is 5.89. The molecule has 6 heteroatoms. The van der Waals surface area contributed by atoms with Crippen LogP contribution < -0.4 is 0 Å². The van der Waals surface area contributed by atoms with Crippen LogP contribution in [-0.2, 0) is 11.2 Å². The zero-order chi connectivity index (χ0) is 19.1. The fourth-order valence-corrected chi connectivity index (χ4v) is 4.24. The number of aliphatic carboxylic acids is 1. The van der Waals surface area contributed by atoms with Gasteiger partial charge in [0, 0.05) is 12.0 Å². The second-order valence-corrected chi connectivity index (χ2v) is 7.82. The smallest absolute Gasteiger partial charge is 0.313 e. The highest BCUT2D eigenvalue weighted by molar-refractivity contribution is 8.14. The lowest BCUT2D eigenvalue weighted by Gasteiger charge is -2.04. The van der Waals surface area contributed by atoms with E-state index >= 15 is 0 Å². The Hall–Kier alpha value is -3.12. The van der Waals surface area contributed by atoms with Crippen LogP contribution in [0.25, 0.3) is 22.5 Å². The molecule has 0 saturated heterocycles. The molecule has 0 unspecified atom stereocenters. The first-order chi connectivity index (χ1) is 13.7. The van der Waals surface area contributed by atoms with Crippen LogP contribution >= 0.6 is 11.8 Å². The summed E-state index contributed by atoms with van der Waals surface area (Å²) in [5, 5.41) is 17.7. The Morgan fingerprint density at radius 2 is 1.79 bits per heavy atom. The lowest BCUT2D eigenvalue weighted by molar-refractivity contribution is -0.133. The second-order valence-electron chi connectivity index (χ2n) is 6.77. The summed E-state index contributed by atoms with van der Waals surface area (Å²) in [4.78, 5) is 10.7. The molecule has 1 N–H and O–H groups in total. The lowest BCUT2D eigenvalue weighted by atomic mass is 10.0. The number of thioether (sulfide) groups is 1. The predicted octanol–water partition coefficient (Wildman–Crippen LogP) is 4.84. The molecule has 1 aromatic heterocycles. The molecule has 0 radical (unpaired) electrons. The minimum absolute atomic E-state index is 0.0123. The topological polar surface area (TPSA) is 75.2 Å². The number of rotatable bonds is 4. The average Bonchev–Trinajstić information content (AvgIpc) is 3.43. The van der Waals surface area contributed by atoms with Crippen molar-refractivity contribution < 1.29 is 14.3 Å². The van der Waals surface area contributed by atoms with E-state index < -0.39 is 5.97 Å². The summed E-state index contributed by atoms with van der Waals surface area (Å²) in [6.45, 7) is 0. The van der Waals surface area contributed by atoms with Crippen molar-refractivity contribution >= 4 is 28.5 Å². The van der Waals surface area contributed by atoms with Gasteiger partial charge >= 0.3 is 5.97 Å². The fraction of sp³-hybridized carbons (Fsp3) is 0.136. The third-order valence-electron chi connectivity index (χ3n) is 4.94. The van der Waals surface area contributed by atoms with E-state index in [0.717, 1.165) is 23.5 Å². The van der Waals surface area contributed by atoms with Crippen molar-refractivity contribution in [1.29, 1.82) is 0 Å². The van der Waals surface area contributed by atoms with Crippen molar-refractivity contribution in [2.45, 2.75) is 12.8 Å². The first-order valence-electron chi connectivity index (χ1n) is 8.97. The van der Waals surface area contributed by atoms with Gasteiger partial charge in [-0.05, 0) is 46.9 Å². The van der Waals surface area contributed by atoms with Crippen molar-refractivity contribution in [2.75, 3.05) is 5.75 Å². The highest BCUT2D eigenvalue weighted by Crippen LogP contribution is 2.39. The van der Waals surface area contributed by atoms with Crippen LogP contribution in [0, 0.1) is 0 Å². The van der Waals surface area contributed by atoms with Crippen molar-refractivity contribution in [2.24, 2.45) is 10.2 Å². The fourth-order valence-electron chi connectivity index (χ4n) is 3.62. The van der Waals surface area contributed by atoms with Gasteiger partial charge in [0.2, 0.25) is 0 Å². The summed E-state index contributed by atoms with van der Waals surface area (Å²) in [7, 11) is 0. The molecule has 2 aromatic carbocycles. The number of hydrogen-bond donors (Lipinski definition) is 1. The molecule has 2 heterocycles. The van der Waals surface area contributed by atoms with Gasteiger partial charge in [-0.1, -0.05) is 48.2 Å². The van der Waals surface area contributed by atoms with Crippen molar-refractivity contribution in [3.8, 4) is 22.5 Å². The van der Waals surface area contributed by atoms with E-state index in [9.17, 15) is 4.79 Å². The number of fused-ring (bicyclic) bond motifs is 3. The van der Waals surface area contributed by atoms with Gasteiger partial charge in [0.25, 0.3) is 0 Å². The van der Waals surface area contributed by atoms with E-state index in [4.69, 9.17) is 9.52 Å². The maximum atomic E-state index is 10.7. The number of furan rings is 1. The largest absolute Gasteiger partial charge is 0.481 e. The molecule has 138 valence electrons. The number of carbonyl (C=O) groups is 1. The summed E-state index contributed by atoms with van der Waals surface area (Å²) in [6, 6.07) is 18.8. The zero-order valence-corrected chi connectivity index (χ0v) is 15.7. The molecule has 0 atom stereocenters. The monoisotopic (exact) mass is 388 g/mol. The van der Waals surface area contributed by atoms with Crippen LogP contribution in [0.4, 0.5) is 0 Å². The van der Waals surface area contributed by atoms with Gasteiger partial charge in [0.15, 0.2) is 5.76 Å². The SMILES string of the molecule is O=C(O)CSC1=NN=C(c2ccc(-c3ccc4c(c3)-c3ccccc3C4)o2)C1. The Labute approximate surface area is 165 Å². The normalized spacial score (nSPS) is 14.4. The minimum Gasteiger partial charge on any atom is -0.481 e. The van der Waals surface area contributed by atoms with E-state index in [-0.39, 0.29) is 5.75 Å². The zero-order valence-electron chi connectivity index (χ0n) is 14.9. The average molecular weight is 388 g/mol. The van der Waals surface area contributed by atoms with Gasteiger partial charge in [-0.3, -0.25) is 4.79 Å². The van der Waals surface area contributed by atoms with Crippen LogP contribution in [0.1, 0.15) is 23.3 Å². The molecular formula is C22H16N2O3S. The molecule has 0 fully saturated rings. The van der Waals surface area contributed by atoms with Gasteiger partial charge in [-0.25, -0.2) is 0 Å². The van der Waals surface area contributed by atoms with Gasteiger partial charge in [-0.15, -0.1) is 5.10 Å².